The van der Waals surface area contributed by atoms with Crippen molar-refractivity contribution < 1.29 is 14.7 Å². The number of fused-ring (bicyclic) bond motifs is 1. The Hall–Kier alpha value is -2.08. The van der Waals surface area contributed by atoms with E-state index in [9.17, 15) is 14.7 Å². The van der Waals surface area contributed by atoms with Crippen molar-refractivity contribution in [1.82, 2.24) is 4.90 Å². The van der Waals surface area contributed by atoms with E-state index in [1.54, 1.807) is 4.90 Å². The molecule has 1 spiro atoms. The lowest BCUT2D eigenvalue weighted by atomic mass is 9.84. The summed E-state index contributed by atoms with van der Waals surface area (Å²) in [6.45, 7) is 2.40. The third kappa shape index (κ3) is 2.35. The highest BCUT2D eigenvalue weighted by atomic mass is 16.3. The van der Waals surface area contributed by atoms with Gasteiger partial charge in [0.05, 0.1) is 11.4 Å². The number of hydrogen-bond acceptors (Lipinski definition) is 4. The van der Waals surface area contributed by atoms with Crippen molar-refractivity contribution in [2.45, 2.75) is 31.4 Å². The topological polar surface area (TPSA) is 81.7 Å². The Labute approximate surface area is 123 Å². The summed E-state index contributed by atoms with van der Waals surface area (Å²) >= 11 is 0. The quantitative estimate of drug-likeness (QED) is 0.714. The van der Waals surface area contributed by atoms with Gasteiger partial charge in [-0.2, -0.15) is 0 Å². The maximum atomic E-state index is 12.4. The molecule has 1 saturated heterocycles. The third-order valence-electron chi connectivity index (χ3n) is 4.27. The third-order valence-corrected chi connectivity index (χ3v) is 4.27. The van der Waals surface area contributed by atoms with E-state index in [0.29, 0.717) is 25.9 Å². The molecule has 2 heterocycles. The van der Waals surface area contributed by atoms with Crippen molar-refractivity contribution in [2.24, 2.45) is 0 Å². The SMILES string of the molecule is C[C@@H](O)C(=O)N1CCC2(CC1)Nc1ccccc1NC2=O. The van der Waals surface area contributed by atoms with Crippen molar-refractivity contribution in [2.75, 3.05) is 23.7 Å². The minimum atomic E-state index is -0.993. The fourth-order valence-electron chi connectivity index (χ4n) is 2.98. The zero-order valence-corrected chi connectivity index (χ0v) is 11.9. The molecule has 1 aromatic rings. The maximum absolute atomic E-state index is 12.4. The normalized spacial score (nSPS) is 21.2. The predicted octanol–water partition coefficient (Wildman–Crippen LogP) is 0.793. The number of likely N-dealkylation sites (tertiary alicyclic amines) is 1. The van der Waals surface area contributed by atoms with Gasteiger partial charge in [0.15, 0.2) is 0 Å². The number of rotatable bonds is 1. The fourth-order valence-corrected chi connectivity index (χ4v) is 2.98. The lowest BCUT2D eigenvalue weighted by molar-refractivity contribution is -0.142. The second-order valence-corrected chi connectivity index (χ2v) is 5.71. The number of para-hydroxylation sites is 2. The van der Waals surface area contributed by atoms with Crippen molar-refractivity contribution in [3.05, 3.63) is 24.3 Å². The highest BCUT2D eigenvalue weighted by Gasteiger charge is 2.45. The van der Waals surface area contributed by atoms with Gasteiger partial charge < -0.3 is 20.6 Å². The molecule has 6 heteroatoms. The van der Waals surface area contributed by atoms with Crippen LogP contribution in [0.1, 0.15) is 19.8 Å². The van der Waals surface area contributed by atoms with E-state index in [1.165, 1.54) is 6.92 Å². The van der Waals surface area contributed by atoms with Gasteiger partial charge in [0.1, 0.15) is 11.6 Å². The van der Waals surface area contributed by atoms with E-state index in [4.69, 9.17) is 0 Å². The standard InChI is InChI=1S/C15H19N3O3/c1-10(19)13(20)18-8-6-15(7-9-18)14(21)16-11-4-2-3-5-12(11)17-15/h2-5,10,17,19H,6-9H2,1H3,(H,16,21)/t10-/m1/s1. The molecule has 1 aromatic carbocycles. The first kappa shape index (κ1) is 13.9. The van der Waals surface area contributed by atoms with Crippen LogP contribution in [0.4, 0.5) is 11.4 Å². The van der Waals surface area contributed by atoms with Crippen LogP contribution in [0.2, 0.25) is 0 Å². The first-order valence-corrected chi connectivity index (χ1v) is 7.17. The van der Waals surface area contributed by atoms with E-state index in [2.05, 4.69) is 10.6 Å². The van der Waals surface area contributed by atoms with Gasteiger partial charge in [-0.3, -0.25) is 9.59 Å². The number of anilines is 2. The number of nitrogens with zero attached hydrogens (tertiary/aromatic N) is 1. The predicted molar refractivity (Wildman–Crippen MR) is 78.9 cm³/mol. The fraction of sp³-hybridized carbons (Fsp3) is 0.467. The molecular formula is C15H19N3O3. The summed E-state index contributed by atoms with van der Waals surface area (Å²) < 4.78 is 0. The number of carbonyl (C=O) groups is 2. The smallest absolute Gasteiger partial charge is 0.251 e. The van der Waals surface area contributed by atoms with Crippen LogP contribution in [0.5, 0.6) is 0 Å². The zero-order chi connectivity index (χ0) is 15.0. The Kier molecular flexibility index (Phi) is 3.33. The number of piperidine rings is 1. The second kappa shape index (κ2) is 5.04. The Morgan fingerprint density at radius 2 is 1.90 bits per heavy atom. The highest BCUT2D eigenvalue weighted by Crippen LogP contribution is 2.36. The molecule has 3 N–H and O–H groups in total. The van der Waals surface area contributed by atoms with Gasteiger partial charge in [-0.15, -0.1) is 0 Å². The van der Waals surface area contributed by atoms with Crippen LogP contribution < -0.4 is 10.6 Å². The first-order chi connectivity index (χ1) is 10.0. The number of amides is 2. The second-order valence-electron chi connectivity index (χ2n) is 5.71. The van der Waals surface area contributed by atoms with Gasteiger partial charge >= 0.3 is 0 Å². The average Bonchev–Trinajstić information content (AvgIpc) is 2.48. The first-order valence-electron chi connectivity index (χ1n) is 7.17. The highest BCUT2D eigenvalue weighted by molar-refractivity contribution is 6.06. The largest absolute Gasteiger partial charge is 0.384 e. The molecule has 0 unspecified atom stereocenters. The van der Waals surface area contributed by atoms with Crippen LogP contribution in [0.25, 0.3) is 0 Å². The van der Waals surface area contributed by atoms with Gasteiger partial charge in [-0.05, 0) is 31.9 Å². The number of carbonyl (C=O) groups excluding carboxylic acids is 2. The van der Waals surface area contributed by atoms with Gasteiger partial charge in [0.25, 0.3) is 5.91 Å². The van der Waals surface area contributed by atoms with Crippen molar-refractivity contribution in [3.8, 4) is 0 Å². The lowest BCUT2D eigenvalue weighted by Crippen LogP contribution is -2.59. The Morgan fingerprint density at radius 3 is 2.52 bits per heavy atom. The summed E-state index contributed by atoms with van der Waals surface area (Å²) in [5.74, 6) is -0.327. The molecular weight excluding hydrogens is 270 g/mol. The van der Waals surface area contributed by atoms with E-state index >= 15 is 0 Å². The molecule has 21 heavy (non-hydrogen) atoms. The summed E-state index contributed by atoms with van der Waals surface area (Å²) in [7, 11) is 0. The Bertz CT molecular complexity index is 577. The molecule has 2 aliphatic heterocycles. The van der Waals surface area contributed by atoms with Crippen molar-refractivity contribution >= 4 is 23.2 Å². The minimum absolute atomic E-state index is 0.0506. The maximum Gasteiger partial charge on any atom is 0.251 e. The summed E-state index contributed by atoms with van der Waals surface area (Å²) in [6.07, 6.45) is 0.0741. The van der Waals surface area contributed by atoms with Crippen LogP contribution in [-0.2, 0) is 9.59 Å². The monoisotopic (exact) mass is 289 g/mol. The minimum Gasteiger partial charge on any atom is -0.384 e. The number of nitrogens with one attached hydrogen (secondary N) is 2. The molecule has 0 radical (unpaired) electrons. The molecule has 0 bridgehead atoms. The van der Waals surface area contributed by atoms with E-state index in [1.807, 2.05) is 24.3 Å². The zero-order valence-electron chi connectivity index (χ0n) is 11.9. The lowest BCUT2D eigenvalue weighted by Gasteiger charge is -2.44. The van der Waals surface area contributed by atoms with Gasteiger partial charge in [-0.25, -0.2) is 0 Å². The number of aliphatic hydroxyl groups is 1. The molecule has 6 nitrogen and oxygen atoms in total. The van der Waals surface area contributed by atoms with Crippen molar-refractivity contribution in [3.63, 3.8) is 0 Å². The summed E-state index contributed by atoms with van der Waals surface area (Å²) in [5, 5.41) is 15.6. The molecule has 2 amide bonds. The van der Waals surface area contributed by atoms with E-state index in [0.717, 1.165) is 11.4 Å². The molecule has 0 saturated carbocycles. The number of hydrogen-bond donors (Lipinski definition) is 3. The van der Waals surface area contributed by atoms with Crippen LogP contribution in [0.3, 0.4) is 0 Å². The summed E-state index contributed by atoms with van der Waals surface area (Å²) in [4.78, 5) is 25.8. The number of aliphatic hydroxyl groups excluding tert-OH is 1. The van der Waals surface area contributed by atoms with Crippen LogP contribution in [0.15, 0.2) is 24.3 Å². The molecule has 112 valence electrons. The average molecular weight is 289 g/mol. The van der Waals surface area contributed by atoms with E-state index in [-0.39, 0.29) is 11.8 Å². The van der Waals surface area contributed by atoms with Gasteiger partial charge in [0, 0.05) is 13.1 Å². The molecule has 0 aliphatic carbocycles. The molecule has 0 aromatic heterocycles. The number of benzene rings is 1. The summed E-state index contributed by atoms with van der Waals surface area (Å²) in [6, 6.07) is 7.59. The van der Waals surface area contributed by atoms with Gasteiger partial charge in [-0.1, -0.05) is 12.1 Å². The van der Waals surface area contributed by atoms with Crippen LogP contribution >= 0.6 is 0 Å². The van der Waals surface area contributed by atoms with E-state index < -0.39 is 11.6 Å². The molecule has 3 rings (SSSR count). The summed E-state index contributed by atoms with van der Waals surface area (Å²) in [5.41, 5.74) is 1.03. The Morgan fingerprint density at radius 1 is 1.29 bits per heavy atom. The molecule has 1 fully saturated rings. The molecule has 1 atom stereocenters. The van der Waals surface area contributed by atoms with Crippen molar-refractivity contribution in [1.29, 1.82) is 0 Å². The van der Waals surface area contributed by atoms with Crippen LogP contribution in [-0.4, -0.2) is 46.6 Å². The van der Waals surface area contributed by atoms with Gasteiger partial charge in [0.2, 0.25) is 5.91 Å². The van der Waals surface area contributed by atoms with Crippen LogP contribution in [0, 0.1) is 0 Å². The molecule has 2 aliphatic rings. The Balaban J connectivity index is 1.76.